The van der Waals surface area contributed by atoms with Crippen LogP contribution in [-0.2, 0) is 11.3 Å². The van der Waals surface area contributed by atoms with Gasteiger partial charge >= 0.3 is 0 Å². The van der Waals surface area contributed by atoms with Gasteiger partial charge in [-0.15, -0.1) is 0 Å². The summed E-state index contributed by atoms with van der Waals surface area (Å²) in [5, 5.41) is 2.74. The van der Waals surface area contributed by atoms with Gasteiger partial charge in [0.2, 0.25) is 5.56 Å². The van der Waals surface area contributed by atoms with Gasteiger partial charge in [-0.25, -0.2) is 13.2 Å². The SMILES string of the molecule is CC1CN(c2cc(F)c(-c3cccc(CN(C)C4COC4)c3)cc2NC(=O)c2c[nH]c(=O)cc2C(F)F)CCN1C. The second-order valence-electron chi connectivity index (χ2n) is 10.9. The molecule has 0 spiro atoms. The molecule has 2 aromatic carbocycles. The minimum absolute atomic E-state index is 0.175. The van der Waals surface area contributed by atoms with Crippen molar-refractivity contribution in [1.29, 1.82) is 0 Å². The van der Waals surface area contributed by atoms with Crippen LogP contribution in [0.25, 0.3) is 11.1 Å². The average Bonchev–Trinajstić information content (AvgIpc) is 2.90. The van der Waals surface area contributed by atoms with Gasteiger partial charge in [0.25, 0.3) is 12.3 Å². The maximum Gasteiger partial charge on any atom is 0.264 e. The van der Waals surface area contributed by atoms with Crippen LogP contribution in [0.3, 0.4) is 0 Å². The van der Waals surface area contributed by atoms with Crippen molar-refractivity contribution in [3.63, 3.8) is 0 Å². The van der Waals surface area contributed by atoms with Crippen molar-refractivity contribution in [2.24, 2.45) is 0 Å². The third-order valence-corrected chi connectivity index (χ3v) is 7.98. The van der Waals surface area contributed by atoms with Gasteiger partial charge in [0.15, 0.2) is 0 Å². The molecule has 41 heavy (non-hydrogen) atoms. The van der Waals surface area contributed by atoms with Crippen LogP contribution in [0.4, 0.5) is 24.5 Å². The highest BCUT2D eigenvalue weighted by molar-refractivity contribution is 6.07. The Labute approximate surface area is 236 Å². The van der Waals surface area contributed by atoms with Gasteiger partial charge in [0, 0.05) is 55.6 Å². The Morgan fingerprint density at radius 2 is 1.98 bits per heavy atom. The number of carbonyl (C=O) groups excluding carboxylic acids is 1. The number of H-pyrrole nitrogens is 1. The topological polar surface area (TPSA) is 80.9 Å². The fourth-order valence-corrected chi connectivity index (χ4v) is 5.20. The highest BCUT2D eigenvalue weighted by Gasteiger charge is 2.27. The summed E-state index contributed by atoms with van der Waals surface area (Å²) in [6, 6.07) is 11.7. The van der Waals surface area contributed by atoms with Gasteiger partial charge in [-0.05, 0) is 50.3 Å². The molecule has 1 aromatic heterocycles. The number of aromatic nitrogens is 1. The third kappa shape index (κ3) is 6.32. The molecular weight excluding hydrogens is 535 g/mol. The number of halogens is 3. The van der Waals surface area contributed by atoms with Crippen molar-refractivity contribution in [2.75, 3.05) is 57.2 Å². The minimum atomic E-state index is -3.02. The Kier molecular flexibility index (Phi) is 8.48. The number of likely N-dealkylation sites (N-methyl/N-ethyl adjacent to an activating group) is 2. The van der Waals surface area contributed by atoms with Gasteiger partial charge in [0.1, 0.15) is 5.82 Å². The lowest BCUT2D eigenvalue weighted by atomic mass is 9.99. The summed E-state index contributed by atoms with van der Waals surface area (Å²) in [6.07, 6.45) is -2.04. The molecule has 2 aliphatic heterocycles. The second-order valence-corrected chi connectivity index (χ2v) is 10.9. The van der Waals surface area contributed by atoms with E-state index >= 15 is 4.39 Å². The smallest absolute Gasteiger partial charge is 0.264 e. The molecule has 3 heterocycles. The summed E-state index contributed by atoms with van der Waals surface area (Å²) < 4.78 is 48.5. The maximum atomic E-state index is 15.8. The molecule has 5 rings (SSSR count). The predicted octanol–water partition coefficient (Wildman–Crippen LogP) is 4.34. The molecule has 1 amide bonds. The number of hydrogen-bond acceptors (Lipinski definition) is 6. The minimum Gasteiger partial charge on any atom is -0.378 e. The van der Waals surface area contributed by atoms with Gasteiger partial charge < -0.3 is 24.8 Å². The molecule has 8 nitrogen and oxygen atoms in total. The van der Waals surface area contributed by atoms with E-state index in [0.29, 0.717) is 55.8 Å². The van der Waals surface area contributed by atoms with Crippen LogP contribution in [0.15, 0.2) is 53.5 Å². The molecule has 1 atom stereocenters. The van der Waals surface area contributed by atoms with E-state index in [1.165, 1.54) is 6.07 Å². The summed E-state index contributed by atoms with van der Waals surface area (Å²) >= 11 is 0. The maximum absolute atomic E-state index is 15.8. The van der Waals surface area contributed by atoms with Crippen LogP contribution in [0.1, 0.15) is 34.8 Å². The number of hydrogen-bond donors (Lipinski definition) is 2. The van der Waals surface area contributed by atoms with Gasteiger partial charge in [0.05, 0.1) is 36.2 Å². The molecule has 3 aromatic rings. The fraction of sp³-hybridized carbons (Fsp3) is 0.400. The molecule has 2 aliphatic rings. The normalized spacial score (nSPS) is 18.1. The zero-order chi connectivity index (χ0) is 29.3. The number of nitrogens with zero attached hydrogens (tertiary/aromatic N) is 3. The van der Waals surface area contributed by atoms with E-state index < -0.39 is 29.3 Å². The van der Waals surface area contributed by atoms with Crippen LogP contribution in [0.2, 0.25) is 0 Å². The first-order valence-corrected chi connectivity index (χ1v) is 13.6. The Balaban J connectivity index is 1.52. The molecule has 2 N–H and O–H groups in total. The Bertz CT molecular complexity index is 1480. The van der Waals surface area contributed by atoms with Gasteiger partial charge in [-0.3, -0.25) is 14.5 Å². The second kappa shape index (κ2) is 12.1. The number of ether oxygens (including phenoxy) is 1. The average molecular weight is 570 g/mol. The van der Waals surface area contributed by atoms with Crippen molar-refractivity contribution in [1.82, 2.24) is 14.8 Å². The van der Waals surface area contributed by atoms with Crippen LogP contribution < -0.4 is 15.8 Å². The highest BCUT2D eigenvalue weighted by Crippen LogP contribution is 2.36. The van der Waals surface area contributed by atoms with Crippen molar-refractivity contribution in [3.8, 4) is 11.1 Å². The largest absolute Gasteiger partial charge is 0.378 e. The zero-order valence-corrected chi connectivity index (χ0v) is 23.3. The van der Waals surface area contributed by atoms with E-state index in [4.69, 9.17) is 4.74 Å². The van der Waals surface area contributed by atoms with E-state index in [1.807, 2.05) is 37.2 Å². The number of anilines is 2. The number of piperazine rings is 1. The quantitative estimate of drug-likeness (QED) is 0.420. The molecule has 2 saturated heterocycles. The Morgan fingerprint density at radius 3 is 2.66 bits per heavy atom. The first-order valence-electron chi connectivity index (χ1n) is 13.6. The molecule has 0 saturated carbocycles. The van der Waals surface area contributed by atoms with Crippen LogP contribution in [-0.4, -0.2) is 79.7 Å². The lowest BCUT2D eigenvalue weighted by Crippen LogP contribution is -2.50. The van der Waals surface area contributed by atoms with E-state index in [-0.39, 0.29) is 17.2 Å². The van der Waals surface area contributed by atoms with E-state index in [2.05, 4.69) is 27.0 Å². The lowest BCUT2D eigenvalue weighted by molar-refractivity contribution is -0.0586. The van der Waals surface area contributed by atoms with Crippen LogP contribution >= 0.6 is 0 Å². The number of alkyl halides is 2. The standard InChI is InChI=1S/C30H34F3N5O3/c1-18-14-38(8-7-36(18)2)27-12-25(31)22(20-6-4-5-19(9-20)15-37(3)21-16-41-17-21)10-26(27)35-30(40)24-13-34-28(39)11-23(24)29(32)33/h4-6,9-13,18,21,29H,7-8,14-17H2,1-3H3,(H,34,39)(H,35,40). The van der Waals surface area contributed by atoms with Crippen LogP contribution in [0, 0.1) is 5.82 Å². The monoisotopic (exact) mass is 569 g/mol. The summed E-state index contributed by atoms with van der Waals surface area (Å²) in [5.41, 5.74) is 0.900. The molecule has 2 fully saturated rings. The summed E-state index contributed by atoms with van der Waals surface area (Å²) in [7, 11) is 4.03. The number of pyridine rings is 1. The van der Waals surface area contributed by atoms with Gasteiger partial charge in [-0.1, -0.05) is 18.2 Å². The number of carbonyl (C=O) groups is 1. The van der Waals surface area contributed by atoms with E-state index in [1.54, 1.807) is 12.1 Å². The number of nitrogens with one attached hydrogen (secondary N) is 2. The number of benzene rings is 2. The fourth-order valence-electron chi connectivity index (χ4n) is 5.20. The molecule has 218 valence electrons. The lowest BCUT2D eigenvalue weighted by Gasteiger charge is -2.39. The summed E-state index contributed by atoms with van der Waals surface area (Å²) in [6.45, 7) is 6.00. The summed E-state index contributed by atoms with van der Waals surface area (Å²) in [5.74, 6) is -1.28. The molecule has 1 unspecified atom stereocenters. The molecule has 0 radical (unpaired) electrons. The van der Waals surface area contributed by atoms with Crippen molar-refractivity contribution in [2.45, 2.75) is 32.0 Å². The van der Waals surface area contributed by atoms with E-state index in [0.717, 1.165) is 24.4 Å². The van der Waals surface area contributed by atoms with Crippen LogP contribution in [0.5, 0.6) is 0 Å². The predicted molar refractivity (Wildman–Crippen MR) is 152 cm³/mol. The Hall–Kier alpha value is -3.67. The zero-order valence-electron chi connectivity index (χ0n) is 23.3. The number of amides is 1. The highest BCUT2D eigenvalue weighted by atomic mass is 19.3. The third-order valence-electron chi connectivity index (χ3n) is 7.98. The molecular formula is C30H34F3N5O3. The Morgan fingerprint density at radius 1 is 1.20 bits per heavy atom. The molecule has 0 bridgehead atoms. The number of rotatable bonds is 8. The first-order chi connectivity index (χ1) is 19.6. The summed E-state index contributed by atoms with van der Waals surface area (Å²) in [4.78, 5) is 33.6. The van der Waals surface area contributed by atoms with E-state index in [9.17, 15) is 18.4 Å². The van der Waals surface area contributed by atoms with Crippen molar-refractivity contribution < 1.29 is 22.7 Å². The van der Waals surface area contributed by atoms with Crippen molar-refractivity contribution in [3.05, 3.63) is 81.5 Å². The molecule has 0 aliphatic carbocycles. The first kappa shape index (κ1) is 28.8. The molecule has 11 heteroatoms. The number of aromatic amines is 1. The van der Waals surface area contributed by atoms with Gasteiger partial charge in [-0.2, -0.15) is 0 Å². The van der Waals surface area contributed by atoms with Crippen molar-refractivity contribution >= 4 is 17.3 Å².